The van der Waals surface area contributed by atoms with E-state index in [1.807, 2.05) is 20.8 Å². The fourth-order valence-electron chi connectivity index (χ4n) is 1.21. The fraction of sp³-hybridized carbons (Fsp3) is 0.462. The number of benzene rings is 1. The second-order valence-corrected chi connectivity index (χ2v) is 5.14. The van der Waals surface area contributed by atoms with Crippen LogP contribution in [0.4, 0.5) is 4.39 Å². The molecule has 0 saturated carbocycles. The van der Waals surface area contributed by atoms with Gasteiger partial charge in [0.2, 0.25) is 0 Å². The Bertz CT molecular complexity index is 437. The number of ether oxygens (including phenoxy) is 1. The van der Waals surface area contributed by atoms with Crippen LogP contribution in [0.1, 0.15) is 31.1 Å². The Morgan fingerprint density at radius 3 is 2.56 bits per heavy atom. The number of carbonyl (C=O) groups is 1. The largest absolute Gasteiger partial charge is 0.490 e. The Hall–Kier alpha value is -1.62. The summed E-state index contributed by atoms with van der Waals surface area (Å²) in [6, 6.07) is 3.19. The van der Waals surface area contributed by atoms with Crippen LogP contribution in [0.3, 0.4) is 0 Å². The van der Waals surface area contributed by atoms with Crippen molar-refractivity contribution in [1.29, 1.82) is 0 Å². The van der Waals surface area contributed by atoms with Crippen LogP contribution in [0.2, 0.25) is 0 Å². The molecular weight excluding hydrogens is 239 g/mol. The number of carboxylic acids is 1. The van der Waals surface area contributed by atoms with Gasteiger partial charge in [0, 0.05) is 6.07 Å². The molecule has 2 N–H and O–H groups in total. The van der Waals surface area contributed by atoms with Gasteiger partial charge < -0.3 is 14.9 Å². The van der Waals surface area contributed by atoms with Gasteiger partial charge in [0.05, 0.1) is 6.10 Å². The molecule has 1 aromatic carbocycles. The first-order chi connectivity index (χ1) is 8.21. The second kappa shape index (κ2) is 5.35. The normalized spacial score (nSPS) is 13.2. The number of aliphatic hydroxyl groups excluding tert-OH is 1. The maximum absolute atomic E-state index is 13.0. The van der Waals surface area contributed by atoms with Crippen LogP contribution in [-0.2, 0) is 0 Å². The lowest BCUT2D eigenvalue weighted by atomic mass is 9.90. The Labute approximate surface area is 105 Å². The predicted octanol–water partition coefficient (Wildman–Crippen LogP) is 2.31. The van der Waals surface area contributed by atoms with E-state index in [-0.39, 0.29) is 17.9 Å². The molecule has 0 aliphatic heterocycles. The highest BCUT2D eigenvalue weighted by atomic mass is 19.1. The van der Waals surface area contributed by atoms with Crippen molar-refractivity contribution >= 4 is 5.97 Å². The third kappa shape index (κ3) is 3.70. The fourth-order valence-corrected chi connectivity index (χ4v) is 1.21. The lowest BCUT2D eigenvalue weighted by molar-refractivity contribution is 0.0211. The summed E-state index contributed by atoms with van der Waals surface area (Å²) in [4.78, 5) is 10.9. The van der Waals surface area contributed by atoms with Crippen molar-refractivity contribution in [1.82, 2.24) is 0 Å². The van der Waals surface area contributed by atoms with Crippen LogP contribution in [0, 0.1) is 11.2 Å². The van der Waals surface area contributed by atoms with Gasteiger partial charge in [-0.05, 0) is 17.5 Å². The van der Waals surface area contributed by atoms with E-state index in [1.165, 1.54) is 0 Å². The molecule has 0 aromatic heterocycles. The van der Waals surface area contributed by atoms with Gasteiger partial charge >= 0.3 is 5.97 Å². The number of aliphatic hydroxyl groups is 1. The lowest BCUT2D eigenvalue weighted by Gasteiger charge is -2.25. The summed E-state index contributed by atoms with van der Waals surface area (Å²) in [6.45, 7) is 5.38. The lowest BCUT2D eigenvalue weighted by Crippen LogP contribution is -2.32. The van der Waals surface area contributed by atoms with Crippen molar-refractivity contribution in [3.05, 3.63) is 29.6 Å². The Kier molecular flexibility index (Phi) is 4.29. The topological polar surface area (TPSA) is 66.8 Å². The van der Waals surface area contributed by atoms with Gasteiger partial charge in [-0.25, -0.2) is 9.18 Å². The zero-order valence-electron chi connectivity index (χ0n) is 10.6. The van der Waals surface area contributed by atoms with Gasteiger partial charge in [0.25, 0.3) is 0 Å². The number of carboxylic acid groups (broad SMARTS) is 1. The molecule has 1 atom stereocenters. The molecule has 100 valence electrons. The minimum absolute atomic E-state index is 0.0780. The first-order valence-corrected chi connectivity index (χ1v) is 5.55. The molecule has 0 aliphatic carbocycles. The zero-order valence-corrected chi connectivity index (χ0v) is 10.6. The summed E-state index contributed by atoms with van der Waals surface area (Å²) in [6.07, 6.45) is -0.776. The first-order valence-electron chi connectivity index (χ1n) is 5.55. The number of hydrogen-bond acceptors (Lipinski definition) is 3. The quantitative estimate of drug-likeness (QED) is 0.867. The summed E-state index contributed by atoms with van der Waals surface area (Å²) in [7, 11) is 0. The molecule has 1 aromatic rings. The molecule has 0 radical (unpaired) electrons. The average molecular weight is 256 g/mol. The Morgan fingerprint density at radius 1 is 1.44 bits per heavy atom. The minimum Gasteiger partial charge on any atom is -0.490 e. The number of rotatable bonds is 4. The monoisotopic (exact) mass is 256 g/mol. The summed E-state index contributed by atoms with van der Waals surface area (Å²) < 4.78 is 18.2. The van der Waals surface area contributed by atoms with Gasteiger partial charge in [-0.1, -0.05) is 20.8 Å². The summed E-state index contributed by atoms with van der Waals surface area (Å²) in [5, 5.41) is 18.7. The van der Waals surface area contributed by atoms with Crippen LogP contribution < -0.4 is 4.74 Å². The average Bonchev–Trinajstić information content (AvgIpc) is 2.24. The van der Waals surface area contributed by atoms with Crippen molar-refractivity contribution in [3.63, 3.8) is 0 Å². The molecule has 0 bridgehead atoms. The van der Waals surface area contributed by atoms with Crippen LogP contribution >= 0.6 is 0 Å². The van der Waals surface area contributed by atoms with Crippen LogP contribution in [0.25, 0.3) is 0 Å². The minimum atomic E-state index is -1.20. The molecular formula is C13H17FO4. The van der Waals surface area contributed by atoms with E-state index in [0.717, 1.165) is 18.2 Å². The van der Waals surface area contributed by atoms with E-state index in [9.17, 15) is 14.3 Å². The van der Waals surface area contributed by atoms with Crippen LogP contribution in [-0.4, -0.2) is 28.9 Å². The van der Waals surface area contributed by atoms with Gasteiger partial charge in [-0.2, -0.15) is 0 Å². The van der Waals surface area contributed by atoms with Crippen LogP contribution in [0.5, 0.6) is 5.75 Å². The van der Waals surface area contributed by atoms with Crippen molar-refractivity contribution < 1.29 is 24.1 Å². The molecule has 0 amide bonds. The highest BCUT2D eigenvalue weighted by Gasteiger charge is 2.23. The molecule has 4 nitrogen and oxygen atoms in total. The maximum Gasteiger partial charge on any atom is 0.339 e. The van der Waals surface area contributed by atoms with E-state index in [1.54, 1.807) is 0 Å². The van der Waals surface area contributed by atoms with E-state index in [0.29, 0.717) is 0 Å². The molecule has 0 fully saturated rings. The van der Waals surface area contributed by atoms with Gasteiger partial charge in [0.1, 0.15) is 23.7 Å². The Balaban J connectivity index is 2.84. The molecule has 0 saturated heterocycles. The SMILES string of the molecule is CC(C)(C)C(O)COc1cc(F)ccc1C(=O)O. The molecule has 18 heavy (non-hydrogen) atoms. The van der Waals surface area contributed by atoms with E-state index in [2.05, 4.69) is 0 Å². The highest BCUT2D eigenvalue weighted by molar-refractivity contribution is 5.90. The van der Waals surface area contributed by atoms with Gasteiger partial charge in [0.15, 0.2) is 0 Å². The van der Waals surface area contributed by atoms with Crippen molar-refractivity contribution in [2.24, 2.45) is 5.41 Å². The smallest absolute Gasteiger partial charge is 0.339 e. The molecule has 5 heteroatoms. The van der Waals surface area contributed by atoms with Crippen molar-refractivity contribution in [2.45, 2.75) is 26.9 Å². The molecule has 0 spiro atoms. The summed E-state index contributed by atoms with van der Waals surface area (Å²) in [5.74, 6) is -1.86. The van der Waals surface area contributed by atoms with Crippen molar-refractivity contribution in [3.8, 4) is 5.75 Å². The first kappa shape index (κ1) is 14.4. The maximum atomic E-state index is 13.0. The molecule has 1 rings (SSSR count). The van der Waals surface area contributed by atoms with E-state index < -0.39 is 23.3 Å². The summed E-state index contributed by atoms with van der Waals surface area (Å²) >= 11 is 0. The number of hydrogen-bond donors (Lipinski definition) is 2. The standard InChI is InChI=1S/C13H17FO4/c1-13(2,3)11(15)7-18-10-6-8(14)4-5-9(10)12(16)17/h4-6,11,15H,7H2,1-3H3,(H,16,17). The van der Waals surface area contributed by atoms with E-state index >= 15 is 0 Å². The second-order valence-electron chi connectivity index (χ2n) is 5.14. The zero-order chi connectivity index (χ0) is 13.9. The van der Waals surface area contributed by atoms with Crippen molar-refractivity contribution in [2.75, 3.05) is 6.61 Å². The molecule has 1 unspecified atom stereocenters. The Morgan fingerprint density at radius 2 is 2.06 bits per heavy atom. The molecule has 0 heterocycles. The highest BCUT2D eigenvalue weighted by Crippen LogP contribution is 2.23. The number of aromatic carboxylic acids is 1. The molecule has 0 aliphatic rings. The third-order valence-corrected chi connectivity index (χ3v) is 2.57. The van der Waals surface area contributed by atoms with E-state index in [4.69, 9.17) is 9.84 Å². The summed E-state index contributed by atoms with van der Waals surface area (Å²) in [5.41, 5.74) is -0.519. The number of halogens is 1. The van der Waals surface area contributed by atoms with Gasteiger partial charge in [-0.15, -0.1) is 0 Å². The van der Waals surface area contributed by atoms with Gasteiger partial charge in [-0.3, -0.25) is 0 Å². The predicted molar refractivity (Wildman–Crippen MR) is 64.3 cm³/mol. The van der Waals surface area contributed by atoms with Crippen LogP contribution in [0.15, 0.2) is 18.2 Å². The third-order valence-electron chi connectivity index (χ3n) is 2.57.